The van der Waals surface area contributed by atoms with E-state index >= 15 is 0 Å². The maximum Gasteiger partial charge on any atom is 0.230 e. The van der Waals surface area contributed by atoms with Gasteiger partial charge in [-0.2, -0.15) is 0 Å². The molecule has 29 heavy (non-hydrogen) atoms. The van der Waals surface area contributed by atoms with Crippen LogP contribution in [0.2, 0.25) is 0 Å². The molecule has 1 amide bonds. The molecule has 0 aliphatic rings. The summed E-state index contributed by atoms with van der Waals surface area (Å²) in [5, 5.41) is 12.2. The van der Waals surface area contributed by atoms with Crippen LogP contribution in [-0.4, -0.2) is 26.4 Å². The van der Waals surface area contributed by atoms with Crippen LogP contribution in [-0.2, 0) is 17.9 Å². The zero-order valence-corrected chi connectivity index (χ0v) is 17.8. The van der Waals surface area contributed by atoms with Crippen molar-refractivity contribution in [2.45, 2.75) is 45.1 Å². The van der Waals surface area contributed by atoms with Crippen molar-refractivity contribution in [3.8, 4) is 5.75 Å². The summed E-state index contributed by atoms with van der Waals surface area (Å²) >= 11 is 1.38. The van der Waals surface area contributed by atoms with Gasteiger partial charge in [-0.15, -0.1) is 10.2 Å². The van der Waals surface area contributed by atoms with Gasteiger partial charge in [0.1, 0.15) is 5.75 Å². The minimum atomic E-state index is -0.241. The molecular formula is C22H26N4O2S. The van der Waals surface area contributed by atoms with Gasteiger partial charge < -0.3 is 14.6 Å². The third-order valence-corrected chi connectivity index (χ3v) is 5.39. The number of amides is 1. The van der Waals surface area contributed by atoms with E-state index in [-0.39, 0.29) is 17.8 Å². The van der Waals surface area contributed by atoms with Gasteiger partial charge in [0, 0.05) is 13.1 Å². The molecule has 0 radical (unpaired) electrons. The van der Waals surface area contributed by atoms with Gasteiger partial charge in [-0.05, 0) is 38.5 Å². The van der Waals surface area contributed by atoms with Gasteiger partial charge in [-0.1, -0.05) is 59.8 Å². The Morgan fingerprint density at radius 1 is 1.14 bits per heavy atom. The maximum absolute atomic E-state index is 12.2. The molecule has 2 aromatic carbocycles. The zero-order chi connectivity index (χ0) is 20.6. The lowest BCUT2D eigenvalue weighted by Gasteiger charge is -2.15. The lowest BCUT2D eigenvalue weighted by Crippen LogP contribution is -2.24. The molecule has 6 nitrogen and oxygen atoms in total. The van der Waals surface area contributed by atoms with Crippen LogP contribution in [0.1, 0.15) is 36.9 Å². The molecule has 1 heterocycles. The van der Waals surface area contributed by atoms with Gasteiger partial charge in [0.2, 0.25) is 5.91 Å². The van der Waals surface area contributed by atoms with Crippen LogP contribution < -0.4 is 10.1 Å². The lowest BCUT2D eigenvalue weighted by molar-refractivity contribution is -0.118. The second kappa shape index (κ2) is 10.1. The number of carbonyl (C=O) groups excluding carboxylic acids is 1. The fraction of sp³-hybridized carbons (Fsp3) is 0.318. The Labute approximate surface area is 175 Å². The Hall–Kier alpha value is -2.80. The molecule has 1 aromatic heterocycles. The number of hydrogen-bond acceptors (Lipinski definition) is 5. The molecular weight excluding hydrogens is 384 g/mol. The van der Waals surface area contributed by atoms with E-state index in [2.05, 4.69) is 15.5 Å². The van der Waals surface area contributed by atoms with Gasteiger partial charge in [0.15, 0.2) is 17.1 Å². The molecule has 0 spiro atoms. The van der Waals surface area contributed by atoms with Crippen molar-refractivity contribution < 1.29 is 9.53 Å². The Kier molecular flexibility index (Phi) is 7.30. The molecule has 0 bridgehead atoms. The highest BCUT2D eigenvalue weighted by molar-refractivity contribution is 7.99. The number of thioether (sulfide) groups is 1. The van der Waals surface area contributed by atoms with Crippen LogP contribution >= 0.6 is 11.8 Å². The second-order valence-corrected chi connectivity index (χ2v) is 7.65. The molecule has 1 N–H and O–H groups in total. The topological polar surface area (TPSA) is 69.0 Å². The van der Waals surface area contributed by atoms with Gasteiger partial charge in [0.25, 0.3) is 0 Å². The number of ether oxygens (including phenoxy) is 1. The summed E-state index contributed by atoms with van der Waals surface area (Å²) in [6.07, 6.45) is -0.241. The summed E-state index contributed by atoms with van der Waals surface area (Å²) in [7, 11) is 0. The van der Waals surface area contributed by atoms with Crippen LogP contribution in [0.4, 0.5) is 0 Å². The van der Waals surface area contributed by atoms with E-state index < -0.39 is 0 Å². The molecule has 0 aliphatic heterocycles. The van der Waals surface area contributed by atoms with Crippen molar-refractivity contribution in [1.82, 2.24) is 20.1 Å². The minimum absolute atomic E-state index is 0.0311. The number of nitrogens with one attached hydrogen (secondary N) is 1. The lowest BCUT2D eigenvalue weighted by atomic mass is 10.1. The van der Waals surface area contributed by atoms with Crippen molar-refractivity contribution in [1.29, 1.82) is 0 Å². The van der Waals surface area contributed by atoms with Gasteiger partial charge in [-0.3, -0.25) is 4.79 Å². The monoisotopic (exact) mass is 410 g/mol. The highest BCUT2D eigenvalue weighted by Crippen LogP contribution is 2.24. The van der Waals surface area contributed by atoms with Crippen LogP contribution in [0, 0.1) is 6.92 Å². The minimum Gasteiger partial charge on any atom is -0.483 e. The van der Waals surface area contributed by atoms with Crippen molar-refractivity contribution in [3.05, 3.63) is 71.5 Å². The summed E-state index contributed by atoms with van der Waals surface area (Å²) in [5.74, 6) is 1.79. The van der Waals surface area contributed by atoms with E-state index in [0.717, 1.165) is 22.3 Å². The van der Waals surface area contributed by atoms with Crippen molar-refractivity contribution in [3.63, 3.8) is 0 Å². The fourth-order valence-corrected chi connectivity index (χ4v) is 3.69. The molecule has 1 atom stereocenters. The van der Waals surface area contributed by atoms with E-state index in [1.165, 1.54) is 17.3 Å². The molecule has 0 unspecified atom stereocenters. The Morgan fingerprint density at radius 2 is 1.86 bits per heavy atom. The smallest absolute Gasteiger partial charge is 0.230 e. The Morgan fingerprint density at radius 3 is 2.55 bits per heavy atom. The van der Waals surface area contributed by atoms with E-state index in [4.69, 9.17) is 4.74 Å². The Balaban J connectivity index is 1.55. The van der Waals surface area contributed by atoms with Gasteiger partial charge in [-0.25, -0.2) is 0 Å². The largest absolute Gasteiger partial charge is 0.483 e. The predicted molar refractivity (Wildman–Crippen MR) is 115 cm³/mol. The molecule has 0 fully saturated rings. The number of nitrogens with zero attached hydrogens (tertiary/aromatic N) is 3. The van der Waals surface area contributed by atoms with Crippen molar-refractivity contribution in [2.75, 3.05) is 5.75 Å². The molecule has 152 valence electrons. The van der Waals surface area contributed by atoms with E-state index in [1.54, 1.807) is 0 Å². The number of aryl methyl sites for hydroxylation is 1. The SMILES string of the molecule is CCn1c(SCC(=O)NCc2ccc(C)cc2)nnc1[C@@H](C)Oc1ccccc1. The molecule has 7 heteroatoms. The van der Waals surface area contributed by atoms with Gasteiger partial charge in [0.05, 0.1) is 5.75 Å². The van der Waals surface area contributed by atoms with Crippen molar-refractivity contribution >= 4 is 17.7 Å². The van der Waals surface area contributed by atoms with Crippen LogP contribution in [0.25, 0.3) is 0 Å². The number of hydrogen-bond donors (Lipinski definition) is 1. The second-order valence-electron chi connectivity index (χ2n) is 6.71. The van der Waals surface area contributed by atoms with Crippen molar-refractivity contribution in [2.24, 2.45) is 0 Å². The first kappa shape index (κ1) is 20.9. The molecule has 3 rings (SSSR count). The molecule has 0 aliphatic carbocycles. The van der Waals surface area contributed by atoms with Crippen LogP contribution in [0.3, 0.4) is 0 Å². The number of aromatic nitrogens is 3. The quantitative estimate of drug-likeness (QED) is 0.537. The van der Waals surface area contributed by atoms with E-state index in [9.17, 15) is 4.79 Å². The average molecular weight is 411 g/mol. The normalized spacial score (nSPS) is 11.8. The van der Waals surface area contributed by atoms with Crippen LogP contribution in [0.5, 0.6) is 5.75 Å². The maximum atomic E-state index is 12.2. The highest BCUT2D eigenvalue weighted by Gasteiger charge is 2.19. The first-order valence-electron chi connectivity index (χ1n) is 9.66. The summed E-state index contributed by atoms with van der Waals surface area (Å²) in [6, 6.07) is 17.8. The predicted octanol–water partition coefficient (Wildman–Crippen LogP) is 4.15. The molecule has 3 aromatic rings. The third-order valence-electron chi connectivity index (χ3n) is 4.42. The molecule has 0 saturated carbocycles. The summed E-state index contributed by atoms with van der Waals surface area (Å²) in [5.41, 5.74) is 2.29. The fourth-order valence-electron chi connectivity index (χ4n) is 2.85. The highest BCUT2D eigenvalue weighted by atomic mass is 32.2. The molecule has 0 saturated heterocycles. The van der Waals surface area contributed by atoms with Gasteiger partial charge >= 0.3 is 0 Å². The summed E-state index contributed by atoms with van der Waals surface area (Å²) in [4.78, 5) is 12.2. The number of para-hydroxylation sites is 1. The average Bonchev–Trinajstić information content (AvgIpc) is 3.15. The number of benzene rings is 2. The zero-order valence-electron chi connectivity index (χ0n) is 17.0. The first-order valence-corrected chi connectivity index (χ1v) is 10.6. The summed E-state index contributed by atoms with van der Waals surface area (Å²) in [6.45, 7) is 7.25. The standard InChI is InChI=1S/C22H26N4O2S/c1-4-26-21(17(3)28-19-8-6-5-7-9-19)24-25-22(26)29-15-20(27)23-14-18-12-10-16(2)11-13-18/h5-13,17H,4,14-15H2,1-3H3,(H,23,27)/t17-/m1/s1. The van der Waals surface area contributed by atoms with E-state index in [0.29, 0.717) is 13.1 Å². The Bertz CT molecular complexity index is 926. The summed E-state index contributed by atoms with van der Waals surface area (Å²) < 4.78 is 7.96. The third kappa shape index (κ3) is 5.84. The van der Waals surface area contributed by atoms with Crippen LogP contribution in [0.15, 0.2) is 59.8 Å². The van der Waals surface area contributed by atoms with E-state index in [1.807, 2.05) is 79.9 Å². The number of carbonyl (C=O) groups is 1. The first-order chi connectivity index (χ1) is 14.1. The number of rotatable bonds is 9.